The molecule has 0 atom stereocenters. The van der Waals surface area contributed by atoms with Gasteiger partial charge in [-0.15, -0.1) is 0 Å². The van der Waals surface area contributed by atoms with Gasteiger partial charge in [0.25, 0.3) is 0 Å². The number of halogens is 1. The standard InChI is InChI=1S/C13H15BrO3/c1-2-16-13(15)8-5-11-3-6-12(7-4-11)17-10-9-14/h3-8H,2,9-10H2,1H3. The number of benzene rings is 1. The third-order valence-corrected chi connectivity index (χ3v) is 2.25. The minimum Gasteiger partial charge on any atom is -0.493 e. The summed E-state index contributed by atoms with van der Waals surface area (Å²) in [5.41, 5.74) is 0.934. The van der Waals surface area contributed by atoms with Gasteiger partial charge in [0.05, 0.1) is 13.2 Å². The minimum absolute atomic E-state index is 0.327. The molecule has 1 aromatic carbocycles. The molecule has 0 bridgehead atoms. The summed E-state index contributed by atoms with van der Waals surface area (Å²) in [5.74, 6) is 0.491. The number of hydrogen-bond acceptors (Lipinski definition) is 3. The molecular formula is C13H15BrO3. The zero-order valence-corrected chi connectivity index (χ0v) is 11.3. The van der Waals surface area contributed by atoms with Gasteiger partial charge < -0.3 is 9.47 Å². The highest BCUT2D eigenvalue weighted by molar-refractivity contribution is 9.09. The monoisotopic (exact) mass is 298 g/mol. The second kappa shape index (κ2) is 7.90. The van der Waals surface area contributed by atoms with Gasteiger partial charge in [0.2, 0.25) is 0 Å². The molecule has 0 amide bonds. The summed E-state index contributed by atoms with van der Waals surface area (Å²) in [6.07, 6.45) is 3.13. The Hall–Kier alpha value is -1.29. The Morgan fingerprint density at radius 2 is 2.06 bits per heavy atom. The van der Waals surface area contributed by atoms with Crippen molar-refractivity contribution in [1.82, 2.24) is 0 Å². The van der Waals surface area contributed by atoms with Crippen molar-refractivity contribution in [3.63, 3.8) is 0 Å². The SMILES string of the molecule is CCOC(=O)C=Cc1ccc(OCCBr)cc1. The average Bonchev–Trinajstić information content (AvgIpc) is 2.35. The van der Waals surface area contributed by atoms with Crippen LogP contribution in [0.5, 0.6) is 5.75 Å². The Morgan fingerprint density at radius 3 is 2.65 bits per heavy atom. The van der Waals surface area contributed by atoms with Crippen LogP contribution < -0.4 is 4.74 Å². The lowest BCUT2D eigenvalue weighted by molar-refractivity contribution is -0.137. The minimum atomic E-state index is -0.327. The lowest BCUT2D eigenvalue weighted by Gasteiger charge is -2.03. The van der Waals surface area contributed by atoms with Crippen molar-refractivity contribution in [2.45, 2.75) is 6.92 Å². The van der Waals surface area contributed by atoms with Gasteiger partial charge in [-0.3, -0.25) is 0 Å². The van der Waals surface area contributed by atoms with E-state index in [0.717, 1.165) is 16.6 Å². The topological polar surface area (TPSA) is 35.5 Å². The normalized spacial score (nSPS) is 10.5. The van der Waals surface area contributed by atoms with Crippen molar-refractivity contribution >= 4 is 28.0 Å². The van der Waals surface area contributed by atoms with Crippen molar-refractivity contribution in [3.8, 4) is 5.75 Å². The Kier molecular flexibility index (Phi) is 6.40. The van der Waals surface area contributed by atoms with Crippen LogP contribution in [0.25, 0.3) is 6.08 Å². The van der Waals surface area contributed by atoms with E-state index in [1.807, 2.05) is 24.3 Å². The molecular weight excluding hydrogens is 284 g/mol. The number of ether oxygens (including phenoxy) is 2. The lowest BCUT2D eigenvalue weighted by Crippen LogP contribution is -1.98. The number of carbonyl (C=O) groups is 1. The van der Waals surface area contributed by atoms with Crippen LogP contribution in [0.15, 0.2) is 30.3 Å². The first-order valence-electron chi connectivity index (χ1n) is 5.40. The van der Waals surface area contributed by atoms with Crippen molar-refractivity contribution in [2.24, 2.45) is 0 Å². The molecule has 1 aromatic rings. The fraction of sp³-hybridized carbons (Fsp3) is 0.308. The summed E-state index contributed by atoms with van der Waals surface area (Å²) >= 11 is 3.29. The maximum absolute atomic E-state index is 11.1. The molecule has 0 unspecified atom stereocenters. The Balaban J connectivity index is 2.53. The first-order valence-corrected chi connectivity index (χ1v) is 6.52. The molecule has 92 valence electrons. The number of esters is 1. The largest absolute Gasteiger partial charge is 0.493 e. The Morgan fingerprint density at radius 1 is 1.35 bits per heavy atom. The van der Waals surface area contributed by atoms with E-state index in [4.69, 9.17) is 9.47 Å². The predicted molar refractivity (Wildman–Crippen MR) is 71.4 cm³/mol. The summed E-state index contributed by atoms with van der Waals surface area (Å²) < 4.78 is 10.2. The summed E-state index contributed by atoms with van der Waals surface area (Å²) in [4.78, 5) is 11.1. The van der Waals surface area contributed by atoms with E-state index < -0.39 is 0 Å². The third kappa shape index (κ3) is 5.54. The van der Waals surface area contributed by atoms with Crippen molar-refractivity contribution in [1.29, 1.82) is 0 Å². The first-order chi connectivity index (χ1) is 8.26. The molecule has 17 heavy (non-hydrogen) atoms. The van der Waals surface area contributed by atoms with E-state index in [9.17, 15) is 4.79 Å². The smallest absolute Gasteiger partial charge is 0.330 e. The number of alkyl halides is 1. The van der Waals surface area contributed by atoms with Crippen LogP contribution in [0, 0.1) is 0 Å². The number of rotatable bonds is 6. The number of hydrogen-bond donors (Lipinski definition) is 0. The van der Waals surface area contributed by atoms with Crippen molar-refractivity contribution in [3.05, 3.63) is 35.9 Å². The Labute approximate surface area is 110 Å². The molecule has 3 nitrogen and oxygen atoms in total. The molecule has 0 radical (unpaired) electrons. The number of carbonyl (C=O) groups excluding carboxylic acids is 1. The van der Waals surface area contributed by atoms with Crippen LogP contribution in [0.4, 0.5) is 0 Å². The molecule has 0 fully saturated rings. The average molecular weight is 299 g/mol. The van der Waals surface area contributed by atoms with E-state index in [-0.39, 0.29) is 5.97 Å². The van der Waals surface area contributed by atoms with E-state index in [1.54, 1.807) is 13.0 Å². The van der Waals surface area contributed by atoms with E-state index in [1.165, 1.54) is 6.08 Å². The van der Waals surface area contributed by atoms with Crippen molar-refractivity contribution < 1.29 is 14.3 Å². The Bertz CT molecular complexity index is 371. The van der Waals surface area contributed by atoms with Crippen LogP contribution in [0.1, 0.15) is 12.5 Å². The van der Waals surface area contributed by atoms with Crippen LogP contribution in [-0.2, 0) is 9.53 Å². The maximum atomic E-state index is 11.1. The summed E-state index contributed by atoms with van der Waals surface area (Å²) in [7, 11) is 0. The van der Waals surface area contributed by atoms with Gasteiger partial charge >= 0.3 is 5.97 Å². The van der Waals surface area contributed by atoms with Crippen LogP contribution >= 0.6 is 15.9 Å². The van der Waals surface area contributed by atoms with Gasteiger partial charge in [-0.2, -0.15) is 0 Å². The highest BCUT2D eigenvalue weighted by Gasteiger charge is 1.95. The highest BCUT2D eigenvalue weighted by Crippen LogP contribution is 2.13. The zero-order chi connectivity index (χ0) is 12.5. The van der Waals surface area contributed by atoms with Gasteiger partial charge in [0.1, 0.15) is 5.75 Å². The molecule has 0 N–H and O–H groups in total. The fourth-order valence-electron chi connectivity index (χ4n) is 1.19. The van der Waals surface area contributed by atoms with Gasteiger partial charge in [0, 0.05) is 11.4 Å². The molecule has 1 rings (SSSR count). The van der Waals surface area contributed by atoms with Gasteiger partial charge in [0.15, 0.2) is 0 Å². The van der Waals surface area contributed by atoms with Crippen LogP contribution in [0.3, 0.4) is 0 Å². The summed E-state index contributed by atoms with van der Waals surface area (Å²) in [5, 5.41) is 0.803. The molecule has 0 aliphatic carbocycles. The molecule has 4 heteroatoms. The predicted octanol–water partition coefficient (Wildman–Crippen LogP) is 3.04. The van der Waals surface area contributed by atoms with Gasteiger partial charge in [-0.25, -0.2) is 4.79 Å². The second-order valence-electron chi connectivity index (χ2n) is 3.19. The molecule has 0 aromatic heterocycles. The maximum Gasteiger partial charge on any atom is 0.330 e. The van der Waals surface area contributed by atoms with E-state index in [0.29, 0.717) is 13.2 Å². The summed E-state index contributed by atoms with van der Waals surface area (Å²) in [6, 6.07) is 7.51. The fourth-order valence-corrected chi connectivity index (χ4v) is 1.35. The zero-order valence-electron chi connectivity index (χ0n) is 9.69. The first kappa shape index (κ1) is 13.8. The van der Waals surface area contributed by atoms with Gasteiger partial charge in [-0.05, 0) is 30.7 Å². The highest BCUT2D eigenvalue weighted by atomic mass is 79.9. The van der Waals surface area contributed by atoms with Gasteiger partial charge in [-0.1, -0.05) is 28.1 Å². The van der Waals surface area contributed by atoms with E-state index in [2.05, 4.69) is 15.9 Å². The quantitative estimate of drug-likeness (QED) is 0.460. The van der Waals surface area contributed by atoms with Crippen molar-refractivity contribution in [2.75, 3.05) is 18.5 Å². The van der Waals surface area contributed by atoms with E-state index >= 15 is 0 Å². The molecule has 0 heterocycles. The van der Waals surface area contributed by atoms with Crippen LogP contribution in [0.2, 0.25) is 0 Å². The molecule has 0 saturated heterocycles. The molecule has 0 aliphatic rings. The second-order valence-corrected chi connectivity index (χ2v) is 3.98. The third-order valence-electron chi connectivity index (χ3n) is 1.92. The lowest BCUT2D eigenvalue weighted by atomic mass is 10.2. The van der Waals surface area contributed by atoms with Crippen LogP contribution in [-0.4, -0.2) is 24.5 Å². The molecule has 0 aliphatic heterocycles. The molecule has 0 spiro atoms. The molecule has 0 saturated carbocycles. The summed E-state index contributed by atoms with van der Waals surface area (Å²) in [6.45, 7) is 2.81.